The summed E-state index contributed by atoms with van der Waals surface area (Å²) in [5, 5.41) is 3.49. The topological polar surface area (TPSA) is 34.0 Å². The molecule has 326 valence electrons. The number of anilines is 3. The van der Waals surface area contributed by atoms with E-state index in [0.717, 1.165) is 67.1 Å². The third kappa shape index (κ3) is 6.83. The largest absolute Gasteiger partial charge is 0.310 e. The van der Waals surface area contributed by atoms with Crippen molar-refractivity contribution in [2.75, 3.05) is 4.90 Å². The van der Waals surface area contributed by atoms with Gasteiger partial charge in [0.15, 0.2) is 5.82 Å². The van der Waals surface area contributed by atoms with Gasteiger partial charge in [-0.2, -0.15) is 0 Å². The first-order chi connectivity index (χ1) is 34.0. The molecule has 13 rings (SSSR count). The van der Waals surface area contributed by atoms with Crippen molar-refractivity contribution in [3.05, 3.63) is 254 Å². The molecule has 12 aromatic rings. The highest BCUT2D eigenvalue weighted by atomic mass is 15.1. The molecule has 1 aliphatic rings. The van der Waals surface area contributed by atoms with Crippen LogP contribution >= 0.6 is 0 Å². The van der Waals surface area contributed by atoms with E-state index in [0.29, 0.717) is 5.82 Å². The van der Waals surface area contributed by atoms with Gasteiger partial charge in [0.05, 0.1) is 22.2 Å². The average molecular weight is 883 g/mol. The van der Waals surface area contributed by atoms with Crippen molar-refractivity contribution >= 4 is 49.8 Å². The van der Waals surface area contributed by atoms with Gasteiger partial charge in [-0.1, -0.05) is 190 Å². The zero-order valence-corrected chi connectivity index (χ0v) is 38.4. The molecule has 0 bridgehead atoms. The molecule has 0 fully saturated rings. The molecule has 0 saturated heterocycles. The molecule has 0 aliphatic heterocycles. The molecule has 2 aromatic heterocycles. The van der Waals surface area contributed by atoms with Crippen LogP contribution in [0.1, 0.15) is 25.0 Å². The Hall–Kier alpha value is -8.86. The molecule has 1 aliphatic carbocycles. The van der Waals surface area contributed by atoms with Crippen LogP contribution in [-0.2, 0) is 5.41 Å². The number of para-hydroxylation sites is 2. The van der Waals surface area contributed by atoms with E-state index in [2.05, 4.69) is 254 Å². The Morgan fingerprint density at radius 3 is 1.67 bits per heavy atom. The minimum Gasteiger partial charge on any atom is -0.310 e. The molecule has 0 radical (unpaired) electrons. The second kappa shape index (κ2) is 16.2. The molecule has 0 amide bonds. The fraction of sp³-hybridized carbons (Fsp3) is 0.0462. The molecule has 0 unspecified atom stereocenters. The summed E-state index contributed by atoms with van der Waals surface area (Å²) in [5.41, 5.74) is 20.6. The van der Waals surface area contributed by atoms with Crippen molar-refractivity contribution in [2.24, 2.45) is 0 Å². The van der Waals surface area contributed by atoms with Crippen molar-refractivity contribution in [1.29, 1.82) is 0 Å². The quantitative estimate of drug-likeness (QED) is 0.152. The second-order valence-electron chi connectivity index (χ2n) is 18.6. The highest BCUT2D eigenvalue weighted by Crippen LogP contribution is 2.51. The third-order valence-corrected chi connectivity index (χ3v) is 14.2. The maximum Gasteiger partial charge on any atom is 0.160 e. The Bertz CT molecular complexity index is 3890. The van der Waals surface area contributed by atoms with Gasteiger partial charge in [0.1, 0.15) is 0 Å². The zero-order valence-electron chi connectivity index (χ0n) is 38.4. The van der Waals surface area contributed by atoms with E-state index < -0.39 is 0 Å². The van der Waals surface area contributed by atoms with E-state index in [4.69, 9.17) is 9.97 Å². The summed E-state index contributed by atoms with van der Waals surface area (Å²) in [6.45, 7) is 4.70. The van der Waals surface area contributed by atoms with Gasteiger partial charge >= 0.3 is 0 Å². The van der Waals surface area contributed by atoms with E-state index in [1.807, 2.05) is 12.1 Å². The van der Waals surface area contributed by atoms with Gasteiger partial charge in [0.2, 0.25) is 0 Å². The smallest absolute Gasteiger partial charge is 0.160 e. The molecular weight excluding hydrogens is 837 g/mol. The maximum absolute atomic E-state index is 5.13. The van der Waals surface area contributed by atoms with Crippen LogP contribution in [0.25, 0.3) is 94.4 Å². The lowest BCUT2D eigenvalue weighted by atomic mass is 9.82. The molecule has 2 heterocycles. The van der Waals surface area contributed by atoms with Gasteiger partial charge in [-0.3, -0.25) is 0 Å². The molecule has 0 atom stereocenters. The van der Waals surface area contributed by atoms with Crippen LogP contribution in [-0.4, -0.2) is 14.5 Å². The van der Waals surface area contributed by atoms with E-state index >= 15 is 0 Å². The van der Waals surface area contributed by atoms with Crippen LogP contribution in [0.4, 0.5) is 17.1 Å². The summed E-state index contributed by atoms with van der Waals surface area (Å²) >= 11 is 0. The Morgan fingerprint density at radius 2 is 0.899 bits per heavy atom. The minimum absolute atomic E-state index is 0.121. The number of hydrogen-bond acceptors (Lipinski definition) is 3. The summed E-state index contributed by atoms with van der Waals surface area (Å²) in [7, 11) is 0. The number of benzene rings is 10. The lowest BCUT2D eigenvalue weighted by Crippen LogP contribution is -2.16. The van der Waals surface area contributed by atoms with E-state index in [1.54, 1.807) is 0 Å². The molecular formula is C65H46N4. The molecule has 4 nitrogen and oxygen atoms in total. The SMILES string of the molecule is CC1(C)c2ccccc2-c2ccc(N(c3ccc(-c4ccccc4)cc3)c3ccc(-n4c5ccccc5c5ccc(-c6ccc(-c7nc(-c8ccccc8)c8ccccc8n7)cc6)cc54)cc3)cc21. The minimum atomic E-state index is -0.121. The number of hydrogen-bond donors (Lipinski definition) is 0. The lowest BCUT2D eigenvalue weighted by Gasteiger charge is -2.28. The number of rotatable bonds is 8. The van der Waals surface area contributed by atoms with Crippen molar-refractivity contribution in [2.45, 2.75) is 19.3 Å². The lowest BCUT2D eigenvalue weighted by molar-refractivity contribution is 0.660. The van der Waals surface area contributed by atoms with Crippen LogP contribution in [0.5, 0.6) is 0 Å². The molecule has 0 N–H and O–H groups in total. The Kier molecular flexibility index (Phi) is 9.48. The highest BCUT2D eigenvalue weighted by molar-refractivity contribution is 6.10. The van der Waals surface area contributed by atoms with Crippen molar-refractivity contribution < 1.29 is 0 Å². The van der Waals surface area contributed by atoms with E-state index in [-0.39, 0.29) is 5.41 Å². The van der Waals surface area contributed by atoms with Gasteiger partial charge in [0.25, 0.3) is 0 Å². The summed E-state index contributed by atoms with van der Waals surface area (Å²) in [6.07, 6.45) is 0. The average Bonchev–Trinajstić information content (AvgIpc) is 3.86. The predicted molar refractivity (Wildman–Crippen MR) is 288 cm³/mol. The fourth-order valence-corrected chi connectivity index (χ4v) is 10.7. The standard InChI is InChI=1S/C65H46N4/c1-65(2)58-22-12-9-19-53(58)54-40-38-52(42-59(54)65)68(49-32-29-44(30-33-49)43-15-5-3-6-16-43)50-34-36-51(37-35-50)69-61-24-14-11-20-55(61)56-39-31-48(41-62(56)69)45-25-27-47(28-26-45)64-66-60-23-13-10-21-57(60)63(67-64)46-17-7-4-8-18-46/h3-42H,1-2H3. The first-order valence-electron chi connectivity index (χ1n) is 23.7. The summed E-state index contributed by atoms with van der Waals surface area (Å²) in [5.74, 6) is 0.714. The maximum atomic E-state index is 5.13. The Morgan fingerprint density at radius 1 is 0.362 bits per heavy atom. The van der Waals surface area contributed by atoms with Crippen molar-refractivity contribution in [1.82, 2.24) is 14.5 Å². The second-order valence-corrected chi connectivity index (χ2v) is 18.6. The van der Waals surface area contributed by atoms with Crippen molar-refractivity contribution in [3.63, 3.8) is 0 Å². The van der Waals surface area contributed by atoms with Gasteiger partial charge in [-0.05, 0) is 111 Å². The zero-order chi connectivity index (χ0) is 46.1. The molecule has 10 aromatic carbocycles. The van der Waals surface area contributed by atoms with Crippen LogP contribution in [0, 0.1) is 0 Å². The van der Waals surface area contributed by atoms with Crippen LogP contribution in [0.15, 0.2) is 243 Å². The monoisotopic (exact) mass is 882 g/mol. The highest BCUT2D eigenvalue weighted by Gasteiger charge is 2.35. The number of aromatic nitrogens is 3. The normalized spacial score (nSPS) is 12.6. The first-order valence-corrected chi connectivity index (χ1v) is 23.7. The third-order valence-electron chi connectivity index (χ3n) is 14.2. The summed E-state index contributed by atoms with van der Waals surface area (Å²) in [4.78, 5) is 12.5. The first kappa shape index (κ1) is 40.4. The molecule has 0 saturated carbocycles. The van der Waals surface area contributed by atoms with E-state index in [9.17, 15) is 0 Å². The molecule has 69 heavy (non-hydrogen) atoms. The van der Waals surface area contributed by atoms with Crippen LogP contribution < -0.4 is 4.90 Å². The molecule has 4 heteroatoms. The van der Waals surface area contributed by atoms with Gasteiger partial charge in [-0.15, -0.1) is 0 Å². The summed E-state index contributed by atoms with van der Waals surface area (Å²) < 4.78 is 2.41. The van der Waals surface area contributed by atoms with Gasteiger partial charge in [0, 0.05) is 55.5 Å². The number of nitrogens with zero attached hydrogens (tertiary/aromatic N) is 4. The fourth-order valence-electron chi connectivity index (χ4n) is 10.7. The predicted octanol–water partition coefficient (Wildman–Crippen LogP) is 17.2. The Balaban J connectivity index is 0.884. The number of fused-ring (bicyclic) bond motifs is 7. The molecule has 0 spiro atoms. The van der Waals surface area contributed by atoms with Gasteiger partial charge < -0.3 is 9.47 Å². The Labute approximate surface area is 402 Å². The van der Waals surface area contributed by atoms with Crippen LogP contribution in [0.2, 0.25) is 0 Å². The van der Waals surface area contributed by atoms with Gasteiger partial charge in [-0.25, -0.2) is 9.97 Å². The van der Waals surface area contributed by atoms with Crippen molar-refractivity contribution in [3.8, 4) is 61.7 Å². The van der Waals surface area contributed by atoms with Crippen LogP contribution in [0.3, 0.4) is 0 Å². The summed E-state index contributed by atoms with van der Waals surface area (Å²) in [6, 6.07) is 87.5. The van der Waals surface area contributed by atoms with E-state index in [1.165, 1.54) is 49.7 Å².